The first-order valence-corrected chi connectivity index (χ1v) is 8.73. The first-order valence-electron chi connectivity index (χ1n) is 8.73. The second-order valence-corrected chi connectivity index (χ2v) is 7.41. The summed E-state index contributed by atoms with van der Waals surface area (Å²) in [5.74, 6) is -0.213. The predicted octanol–water partition coefficient (Wildman–Crippen LogP) is 4.30. The van der Waals surface area contributed by atoms with Crippen LogP contribution in [0.3, 0.4) is 0 Å². The topological polar surface area (TPSA) is 44.8 Å². The standard InChI is InChI=1S/C18H28BFO4/c1-6-22-15(21)12-9-13-7-10-14(11-8-13)16(20)19-23-17(2,3)18(4,5)24-19/h9H,6-8,10-12H2,1-5H3. The number of carbonyl (C=O) groups excluding carboxylic acids is 1. The van der Waals surface area contributed by atoms with Crippen LogP contribution in [-0.4, -0.2) is 30.9 Å². The molecule has 0 radical (unpaired) electrons. The van der Waals surface area contributed by atoms with Crippen molar-refractivity contribution in [1.29, 1.82) is 0 Å². The summed E-state index contributed by atoms with van der Waals surface area (Å²) in [5.41, 5.74) is 0.609. The van der Waals surface area contributed by atoms with E-state index in [1.165, 1.54) is 5.57 Å². The second-order valence-electron chi connectivity index (χ2n) is 7.41. The van der Waals surface area contributed by atoms with Crippen LogP contribution in [0.15, 0.2) is 22.9 Å². The van der Waals surface area contributed by atoms with Crippen LogP contribution in [0.5, 0.6) is 0 Å². The highest BCUT2D eigenvalue weighted by atomic mass is 19.1. The molecule has 0 spiro atoms. The third kappa shape index (κ3) is 4.28. The van der Waals surface area contributed by atoms with E-state index in [2.05, 4.69) is 0 Å². The van der Waals surface area contributed by atoms with Crippen molar-refractivity contribution in [1.82, 2.24) is 0 Å². The molecule has 134 valence electrons. The number of allylic oxidation sites excluding steroid dienone is 2. The zero-order valence-corrected chi connectivity index (χ0v) is 15.4. The number of esters is 1. The molecule has 24 heavy (non-hydrogen) atoms. The van der Waals surface area contributed by atoms with Crippen LogP contribution in [-0.2, 0) is 18.8 Å². The van der Waals surface area contributed by atoms with Gasteiger partial charge in [-0.3, -0.25) is 4.79 Å². The largest absolute Gasteiger partial charge is 0.525 e. The van der Waals surface area contributed by atoms with E-state index in [0.29, 0.717) is 25.9 Å². The number of ether oxygens (including phenoxy) is 1. The van der Waals surface area contributed by atoms with Gasteiger partial charge in [-0.15, -0.1) is 0 Å². The van der Waals surface area contributed by atoms with Gasteiger partial charge in [0.2, 0.25) is 0 Å². The van der Waals surface area contributed by atoms with Crippen molar-refractivity contribution >= 4 is 13.1 Å². The Kier molecular flexibility index (Phi) is 5.92. The lowest BCUT2D eigenvalue weighted by Gasteiger charge is -2.32. The maximum Gasteiger partial charge on any atom is 0.525 e. The van der Waals surface area contributed by atoms with Crippen LogP contribution in [0.4, 0.5) is 4.39 Å². The van der Waals surface area contributed by atoms with Crippen molar-refractivity contribution in [3.63, 3.8) is 0 Å². The van der Waals surface area contributed by atoms with Gasteiger partial charge in [-0.05, 0) is 65.9 Å². The van der Waals surface area contributed by atoms with Gasteiger partial charge in [-0.2, -0.15) is 0 Å². The number of carbonyl (C=O) groups is 1. The highest BCUT2D eigenvalue weighted by Crippen LogP contribution is 2.41. The minimum atomic E-state index is -0.907. The van der Waals surface area contributed by atoms with Crippen LogP contribution in [0.1, 0.15) is 66.7 Å². The Morgan fingerprint density at radius 2 is 1.71 bits per heavy atom. The highest BCUT2D eigenvalue weighted by Gasteiger charge is 2.53. The molecule has 0 aromatic heterocycles. The molecule has 0 aromatic rings. The number of halogens is 1. The molecule has 0 bridgehead atoms. The summed E-state index contributed by atoms with van der Waals surface area (Å²) in [5, 5.41) is 0. The van der Waals surface area contributed by atoms with Gasteiger partial charge in [0.25, 0.3) is 0 Å². The SMILES string of the molecule is CCOC(=O)CC=C1CCC(=C(F)B2OC(C)(C)C(C)(C)O2)CC1. The zero-order valence-electron chi connectivity index (χ0n) is 15.4. The van der Waals surface area contributed by atoms with Gasteiger partial charge < -0.3 is 14.0 Å². The van der Waals surface area contributed by atoms with Crippen molar-refractivity contribution in [3.05, 3.63) is 22.9 Å². The van der Waals surface area contributed by atoms with Crippen molar-refractivity contribution < 1.29 is 23.2 Å². The van der Waals surface area contributed by atoms with Crippen LogP contribution in [0.2, 0.25) is 0 Å². The molecule has 1 heterocycles. The number of hydrogen-bond acceptors (Lipinski definition) is 4. The number of hydrogen-bond donors (Lipinski definition) is 0. The van der Waals surface area contributed by atoms with Crippen molar-refractivity contribution in [3.8, 4) is 0 Å². The summed E-state index contributed by atoms with van der Waals surface area (Å²) < 4.78 is 31.2. The fourth-order valence-corrected chi connectivity index (χ4v) is 2.88. The molecule has 1 saturated heterocycles. The van der Waals surface area contributed by atoms with Gasteiger partial charge in [-0.1, -0.05) is 11.6 Å². The molecule has 2 aliphatic rings. The summed E-state index contributed by atoms with van der Waals surface area (Å²) in [6, 6.07) is 0. The van der Waals surface area contributed by atoms with E-state index in [-0.39, 0.29) is 11.7 Å². The Bertz CT molecular complexity index is 523. The van der Waals surface area contributed by atoms with E-state index in [4.69, 9.17) is 14.0 Å². The molecule has 6 heteroatoms. The Morgan fingerprint density at radius 3 is 2.21 bits per heavy atom. The lowest BCUT2D eigenvalue weighted by Crippen LogP contribution is -2.41. The molecule has 0 atom stereocenters. The van der Waals surface area contributed by atoms with Gasteiger partial charge in [0.15, 0.2) is 0 Å². The van der Waals surface area contributed by atoms with Crippen molar-refractivity contribution in [2.24, 2.45) is 0 Å². The molecule has 0 amide bonds. The molecule has 2 fully saturated rings. The Hall–Kier alpha value is -1.14. The normalized spacial score (nSPS) is 22.5. The van der Waals surface area contributed by atoms with Gasteiger partial charge in [0.05, 0.1) is 24.2 Å². The third-order valence-corrected chi connectivity index (χ3v) is 5.16. The molecule has 1 aliphatic carbocycles. The average Bonchev–Trinajstić information content (AvgIpc) is 2.73. The molecule has 1 saturated carbocycles. The molecule has 4 nitrogen and oxygen atoms in total. The van der Waals surface area contributed by atoms with E-state index in [1.54, 1.807) is 6.92 Å². The summed E-state index contributed by atoms with van der Waals surface area (Å²) in [7, 11) is -0.907. The minimum Gasteiger partial charge on any atom is -0.466 e. The lowest BCUT2D eigenvalue weighted by molar-refractivity contribution is -0.142. The predicted molar refractivity (Wildman–Crippen MR) is 92.0 cm³/mol. The highest BCUT2D eigenvalue weighted by molar-refractivity contribution is 6.53. The van der Waals surface area contributed by atoms with Crippen molar-refractivity contribution in [2.45, 2.75) is 77.9 Å². The molecule has 0 unspecified atom stereocenters. The maximum atomic E-state index is 14.8. The van der Waals surface area contributed by atoms with Gasteiger partial charge in [0.1, 0.15) is 5.73 Å². The van der Waals surface area contributed by atoms with Crippen LogP contribution in [0.25, 0.3) is 0 Å². The molecule has 1 aliphatic heterocycles. The van der Waals surface area contributed by atoms with E-state index in [1.807, 2.05) is 33.8 Å². The van der Waals surface area contributed by atoms with Gasteiger partial charge >= 0.3 is 13.1 Å². The van der Waals surface area contributed by atoms with E-state index >= 15 is 0 Å². The Balaban J connectivity index is 1.95. The summed E-state index contributed by atoms with van der Waals surface area (Å²) in [4.78, 5) is 11.4. The lowest BCUT2D eigenvalue weighted by atomic mass is 9.79. The molecule has 2 rings (SSSR count). The first kappa shape index (κ1) is 19.2. The maximum absolute atomic E-state index is 14.8. The van der Waals surface area contributed by atoms with Gasteiger partial charge in [-0.25, -0.2) is 4.39 Å². The Morgan fingerprint density at radius 1 is 1.17 bits per heavy atom. The van der Waals surface area contributed by atoms with E-state index < -0.39 is 18.3 Å². The smallest absolute Gasteiger partial charge is 0.466 e. The quantitative estimate of drug-likeness (QED) is 0.436. The summed E-state index contributed by atoms with van der Waals surface area (Å²) in [6.07, 6.45) is 5.03. The third-order valence-electron chi connectivity index (χ3n) is 5.16. The minimum absolute atomic E-state index is 0.213. The Labute approximate surface area is 144 Å². The van der Waals surface area contributed by atoms with E-state index in [9.17, 15) is 9.18 Å². The van der Waals surface area contributed by atoms with Crippen LogP contribution in [0, 0.1) is 0 Å². The van der Waals surface area contributed by atoms with Crippen molar-refractivity contribution in [2.75, 3.05) is 6.61 Å². The second kappa shape index (κ2) is 7.40. The summed E-state index contributed by atoms with van der Waals surface area (Å²) in [6.45, 7) is 9.86. The zero-order chi connectivity index (χ0) is 18.0. The molecular weight excluding hydrogens is 310 g/mol. The van der Waals surface area contributed by atoms with Crippen LogP contribution >= 0.6 is 0 Å². The molecule has 0 aromatic carbocycles. The van der Waals surface area contributed by atoms with Crippen LogP contribution < -0.4 is 0 Å². The summed E-state index contributed by atoms with van der Waals surface area (Å²) >= 11 is 0. The fourth-order valence-electron chi connectivity index (χ4n) is 2.88. The molecule has 0 N–H and O–H groups in total. The number of rotatable bonds is 4. The average molecular weight is 338 g/mol. The van der Waals surface area contributed by atoms with Gasteiger partial charge in [0, 0.05) is 0 Å². The monoisotopic (exact) mass is 338 g/mol. The fraction of sp³-hybridized carbons (Fsp3) is 0.722. The molecular formula is C18H28BFO4. The first-order chi connectivity index (χ1) is 11.2. The van der Waals surface area contributed by atoms with E-state index in [0.717, 1.165) is 18.4 Å².